The summed E-state index contributed by atoms with van der Waals surface area (Å²) < 4.78 is 15.5. The van der Waals surface area contributed by atoms with Gasteiger partial charge in [0.05, 0.1) is 28.3 Å². The van der Waals surface area contributed by atoms with Crippen molar-refractivity contribution in [3.63, 3.8) is 0 Å². The third-order valence-electron chi connectivity index (χ3n) is 11.6. The smallest absolute Gasteiger partial charge is 0.137 e. The first-order chi connectivity index (χ1) is 28.2. The molecule has 6 nitrogen and oxygen atoms in total. The van der Waals surface area contributed by atoms with Crippen molar-refractivity contribution in [2.45, 2.75) is 18.5 Å². The zero-order valence-corrected chi connectivity index (χ0v) is 30.8. The molecule has 4 heterocycles. The minimum absolute atomic E-state index is 0.0721. The molecule has 1 fully saturated rings. The number of hydrogen-bond donors (Lipinski definition) is 2. The Hall–Kier alpha value is -6.96. The van der Waals surface area contributed by atoms with Crippen LogP contribution in [0.2, 0.25) is 0 Å². The van der Waals surface area contributed by atoms with Crippen molar-refractivity contribution in [3.05, 3.63) is 204 Å². The van der Waals surface area contributed by atoms with Crippen molar-refractivity contribution >= 4 is 65.7 Å². The van der Waals surface area contributed by atoms with Gasteiger partial charge in [-0.15, -0.1) is 0 Å². The fourth-order valence-electron chi connectivity index (χ4n) is 8.94. The molecule has 1 saturated heterocycles. The van der Waals surface area contributed by atoms with Crippen LogP contribution in [0.3, 0.4) is 0 Å². The van der Waals surface area contributed by atoms with E-state index in [-0.39, 0.29) is 18.5 Å². The van der Waals surface area contributed by atoms with E-state index in [1.807, 2.05) is 12.1 Å². The Kier molecular flexibility index (Phi) is 7.25. The predicted octanol–water partition coefficient (Wildman–Crippen LogP) is 13.2. The number of fused-ring (bicyclic) bond motifs is 9. The lowest BCUT2D eigenvalue weighted by molar-refractivity contribution is 0.316. The van der Waals surface area contributed by atoms with Crippen LogP contribution in [0.5, 0.6) is 0 Å². The molecule has 0 spiro atoms. The van der Waals surface area contributed by atoms with E-state index in [1.54, 1.807) is 0 Å². The average Bonchev–Trinajstić information content (AvgIpc) is 3.95. The van der Waals surface area contributed by atoms with Crippen LogP contribution >= 0.6 is 0 Å². The number of para-hydroxylation sites is 2. The van der Waals surface area contributed by atoms with Crippen LogP contribution in [0.4, 0.5) is 0 Å². The molecule has 0 amide bonds. The molecule has 2 N–H and O–H groups in total. The quantitative estimate of drug-likeness (QED) is 0.185. The minimum Gasteiger partial charge on any atom is -0.624 e. The Morgan fingerprint density at radius 2 is 1.02 bits per heavy atom. The first-order valence-electron chi connectivity index (χ1n) is 19.5. The average molecular weight is 736 g/mol. The van der Waals surface area contributed by atoms with E-state index >= 15 is 0 Å². The van der Waals surface area contributed by atoms with Crippen molar-refractivity contribution < 1.29 is 8.83 Å². The van der Waals surface area contributed by atoms with Gasteiger partial charge in [-0.05, 0) is 76.9 Å². The van der Waals surface area contributed by atoms with Crippen molar-refractivity contribution in [1.82, 2.24) is 15.2 Å². The number of nitrogens with one attached hydrogen (secondary N) is 2. The fraction of sp³-hybridized carbons (Fsp3) is 0.0588. The molecule has 0 aliphatic carbocycles. The molecule has 12 rings (SSSR count). The molecule has 0 radical (unpaired) electrons. The largest absolute Gasteiger partial charge is 0.624 e. The Morgan fingerprint density at radius 1 is 0.404 bits per heavy atom. The molecule has 0 saturated carbocycles. The minimum atomic E-state index is -0.235. The Balaban J connectivity index is 0.912. The highest BCUT2D eigenvalue weighted by Crippen LogP contribution is 2.42. The molecule has 3 aromatic heterocycles. The second kappa shape index (κ2) is 12.8. The highest BCUT2D eigenvalue weighted by atomic mass is 16.3. The van der Waals surface area contributed by atoms with Gasteiger partial charge in [-0.3, -0.25) is 0 Å². The molecule has 1 aliphatic rings. The molecule has 0 bridgehead atoms. The van der Waals surface area contributed by atoms with E-state index in [9.17, 15) is 0 Å². The van der Waals surface area contributed by atoms with Gasteiger partial charge in [-0.1, -0.05) is 145 Å². The van der Waals surface area contributed by atoms with E-state index in [0.717, 1.165) is 71.8 Å². The first-order valence-corrected chi connectivity index (χ1v) is 19.5. The molecule has 3 unspecified atom stereocenters. The number of aromatic nitrogens is 1. The van der Waals surface area contributed by atoms with Crippen molar-refractivity contribution in [2.24, 2.45) is 0 Å². The van der Waals surface area contributed by atoms with Crippen LogP contribution in [-0.4, -0.2) is 4.57 Å². The molecule has 11 aromatic rings. The number of benzene rings is 8. The lowest BCUT2D eigenvalue weighted by atomic mass is 10.00. The van der Waals surface area contributed by atoms with Gasteiger partial charge < -0.3 is 29.4 Å². The zero-order valence-electron chi connectivity index (χ0n) is 30.8. The van der Waals surface area contributed by atoms with E-state index in [2.05, 4.69) is 185 Å². The normalized spacial score (nSPS) is 17.4. The van der Waals surface area contributed by atoms with Gasteiger partial charge in [0.25, 0.3) is 0 Å². The Labute approximate surface area is 327 Å². The molecule has 1 aliphatic heterocycles. The van der Waals surface area contributed by atoms with Gasteiger partial charge in [0.2, 0.25) is 0 Å². The lowest BCUT2D eigenvalue weighted by Gasteiger charge is -2.50. The van der Waals surface area contributed by atoms with Crippen molar-refractivity contribution in [2.75, 3.05) is 0 Å². The predicted molar refractivity (Wildman–Crippen MR) is 232 cm³/mol. The second-order valence-corrected chi connectivity index (χ2v) is 14.9. The van der Waals surface area contributed by atoms with Gasteiger partial charge in [-0.25, -0.2) is 0 Å². The summed E-state index contributed by atoms with van der Waals surface area (Å²) in [5, 5.41) is 19.5. The van der Waals surface area contributed by atoms with E-state index in [0.29, 0.717) is 0 Å². The molecule has 3 atom stereocenters. The van der Waals surface area contributed by atoms with Crippen LogP contribution in [0, 0.1) is 0 Å². The van der Waals surface area contributed by atoms with Gasteiger partial charge in [0.1, 0.15) is 22.3 Å². The first kappa shape index (κ1) is 32.3. The van der Waals surface area contributed by atoms with Gasteiger partial charge in [-0.2, -0.15) is 0 Å². The SMILES string of the molecule is c1ccc(C2[N-]C(c3ccc4c(c3)oc3ccc(-c5ccc6c(c5)oc5cccc(-n7c8ccccc8c8ccccc87)c56)cc34)NC(c3ccccc3)N2)cc1. The summed E-state index contributed by atoms with van der Waals surface area (Å²) in [6.45, 7) is 0. The second-order valence-electron chi connectivity index (χ2n) is 14.9. The summed E-state index contributed by atoms with van der Waals surface area (Å²) in [4.78, 5) is 0. The fourth-order valence-corrected chi connectivity index (χ4v) is 8.94. The van der Waals surface area contributed by atoms with Crippen LogP contribution in [0.15, 0.2) is 191 Å². The lowest BCUT2D eigenvalue weighted by Crippen LogP contribution is -2.44. The summed E-state index contributed by atoms with van der Waals surface area (Å²) in [5.41, 5.74) is 12.4. The van der Waals surface area contributed by atoms with Crippen LogP contribution in [0.1, 0.15) is 35.2 Å². The van der Waals surface area contributed by atoms with E-state index in [1.165, 1.54) is 27.4 Å². The summed E-state index contributed by atoms with van der Waals surface area (Å²) in [6.07, 6.45) is -0.473. The van der Waals surface area contributed by atoms with E-state index in [4.69, 9.17) is 14.2 Å². The van der Waals surface area contributed by atoms with Crippen molar-refractivity contribution in [1.29, 1.82) is 0 Å². The van der Waals surface area contributed by atoms with Crippen LogP contribution < -0.4 is 10.6 Å². The van der Waals surface area contributed by atoms with E-state index < -0.39 is 0 Å². The summed E-state index contributed by atoms with van der Waals surface area (Å²) in [6, 6.07) is 64.0. The molecule has 272 valence electrons. The number of nitrogens with zero attached hydrogens (tertiary/aromatic N) is 2. The maximum atomic E-state index is 6.61. The monoisotopic (exact) mass is 735 g/mol. The topological polar surface area (TPSA) is 69.4 Å². The van der Waals surface area contributed by atoms with Crippen LogP contribution in [0.25, 0.3) is 87.8 Å². The Bertz CT molecular complexity index is 3210. The summed E-state index contributed by atoms with van der Waals surface area (Å²) >= 11 is 0. The molecule has 6 heteroatoms. The van der Waals surface area contributed by atoms with Crippen LogP contribution in [-0.2, 0) is 0 Å². The highest BCUT2D eigenvalue weighted by Gasteiger charge is 2.23. The van der Waals surface area contributed by atoms with Gasteiger partial charge in [0.15, 0.2) is 0 Å². The number of furan rings is 2. The maximum absolute atomic E-state index is 6.61. The molecule has 8 aromatic carbocycles. The highest BCUT2D eigenvalue weighted by molar-refractivity contribution is 6.15. The Morgan fingerprint density at radius 3 is 1.79 bits per heavy atom. The van der Waals surface area contributed by atoms with Gasteiger partial charge >= 0.3 is 0 Å². The molecular weight excluding hydrogens is 701 g/mol. The third kappa shape index (κ3) is 5.23. The van der Waals surface area contributed by atoms with Gasteiger partial charge in [0, 0.05) is 26.9 Å². The molecule has 57 heavy (non-hydrogen) atoms. The number of rotatable bonds is 5. The molecular formula is C51H35N4O2-. The zero-order chi connectivity index (χ0) is 37.5. The number of hydrogen-bond acceptors (Lipinski definition) is 4. The third-order valence-corrected chi connectivity index (χ3v) is 11.6. The summed E-state index contributed by atoms with van der Waals surface area (Å²) in [7, 11) is 0. The maximum Gasteiger partial charge on any atom is 0.137 e. The van der Waals surface area contributed by atoms with Crippen molar-refractivity contribution in [3.8, 4) is 16.8 Å². The standard InChI is InChI=1S/C51H35N4O2/c1-3-12-31(13-4-1)49-52-50(32-14-5-2-6-15-32)54-51(53-49)35-23-25-38-40-28-33(24-27-44(40)56-46(38)30-35)34-22-26-39-47(29-34)57-45-21-11-20-43(48(39)45)55-41-18-9-7-16-36(41)37-17-8-10-19-42(37)55/h1-30,49-53H/q-1. The summed E-state index contributed by atoms with van der Waals surface area (Å²) in [5.74, 6) is 0.